The van der Waals surface area contributed by atoms with Crippen molar-refractivity contribution in [1.82, 2.24) is 20.9 Å². The van der Waals surface area contributed by atoms with E-state index < -0.39 is 71.2 Å². The molecule has 0 bridgehead atoms. The first kappa shape index (κ1) is 38.5. The zero-order valence-electron chi connectivity index (χ0n) is 29.9. The molecule has 48 heavy (non-hydrogen) atoms. The molecule has 0 aromatic heterocycles. The van der Waals surface area contributed by atoms with Crippen molar-refractivity contribution in [2.24, 2.45) is 40.7 Å². The summed E-state index contributed by atoms with van der Waals surface area (Å²) in [6, 6.07) is 4.46. The summed E-state index contributed by atoms with van der Waals surface area (Å²) in [5.41, 5.74) is 5.32. The number of likely N-dealkylation sites (tertiary alicyclic amines) is 1. The number of urea groups is 1. The fraction of sp³-hybridized carbons (Fsp3) is 0.667. The average Bonchev–Trinajstić information content (AvgIpc) is 3.75. The zero-order chi connectivity index (χ0) is 36.1. The van der Waals surface area contributed by atoms with Crippen molar-refractivity contribution in [2.75, 3.05) is 6.54 Å². The van der Waals surface area contributed by atoms with Gasteiger partial charge in [-0.25, -0.2) is 9.59 Å². The van der Waals surface area contributed by atoms with E-state index in [4.69, 9.17) is 10.5 Å². The van der Waals surface area contributed by atoms with Gasteiger partial charge in [-0.3, -0.25) is 19.2 Å². The Bertz CT molecular complexity index is 1340. The van der Waals surface area contributed by atoms with Crippen molar-refractivity contribution >= 4 is 35.5 Å². The maximum absolute atomic E-state index is 14.4. The van der Waals surface area contributed by atoms with Gasteiger partial charge in [-0.15, -0.1) is 0 Å². The molecule has 12 nitrogen and oxygen atoms in total. The summed E-state index contributed by atoms with van der Waals surface area (Å²) in [5.74, 6) is -3.87. The van der Waals surface area contributed by atoms with E-state index >= 15 is 0 Å². The highest BCUT2D eigenvalue weighted by molar-refractivity contribution is 6.37. The first-order valence-corrected chi connectivity index (χ1v) is 17.1. The maximum atomic E-state index is 14.4. The Morgan fingerprint density at radius 3 is 2.04 bits per heavy atom. The molecule has 266 valence electrons. The lowest BCUT2D eigenvalue weighted by atomic mass is 9.83. The Labute approximate surface area is 284 Å². The van der Waals surface area contributed by atoms with E-state index in [-0.39, 0.29) is 36.1 Å². The number of amides is 5. The molecule has 1 aliphatic carbocycles. The standard InChI is InChI=1S/C36H55N5O7/c1-19(2)25-18-41(28(21(25)5)32(44)38-26(17-23-15-16-23)29(42)31(37)43)33(45)30(36(7,8)9)40-35(47)39-27(20(3)4)34(46)48-22(6)24-13-11-10-12-14-24/h10-14,19-23,25-28,30H,15-18H2,1-9H3,(H2,37,43)(H,38,44)(H2,39,40,47)/t21?,22-,25-,26?,27+,28+,30-/m1/s1. The first-order chi connectivity index (χ1) is 22.3. The van der Waals surface area contributed by atoms with Gasteiger partial charge >= 0.3 is 12.0 Å². The number of Topliss-reactive ketones (excluding diaryl/α,β-unsaturated/α-hetero) is 1. The molecule has 2 fully saturated rings. The number of nitrogens with one attached hydrogen (secondary N) is 3. The van der Waals surface area contributed by atoms with Crippen LogP contribution in [0.5, 0.6) is 0 Å². The van der Waals surface area contributed by atoms with E-state index in [9.17, 15) is 28.8 Å². The number of carbonyl (C=O) groups excluding carboxylic acids is 6. The van der Waals surface area contributed by atoms with Crippen LogP contribution in [0.25, 0.3) is 0 Å². The molecule has 0 spiro atoms. The summed E-state index contributed by atoms with van der Waals surface area (Å²) in [6.45, 7) is 16.9. The van der Waals surface area contributed by atoms with Crippen molar-refractivity contribution in [2.45, 2.75) is 112 Å². The number of carbonyl (C=O) groups is 6. The number of ketones is 1. The number of hydrogen-bond acceptors (Lipinski definition) is 7. The molecule has 2 aliphatic rings. The van der Waals surface area contributed by atoms with Crippen LogP contribution < -0.4 is 21.7 Å². The molecule has 5 amide bonds. The van der Waals surface area contributed by atoms with Crippen LogP contribution in [0.4, 0.5) is 4.79 Å². The van der Waals surface area contributed by atoms with Crippen molar-refractivity contribution in [3.05, 3.63) is 35.9 Å². The number of nitrogens with two attached hydrogens (primary N) is 1. The second-order valence-electron chi connectivity index (χ2n) is 15.3. The fourth-order valence-electron chi connectivity index (χ4n) is 6.46. The van der Waals surface area contributed by atoms with Gasteiger partial charge in [0, 0.05) is 6.54 Å². The molecule has 1 aliphatic heterocycles. The van der Waals surface area contributed by atoms with Gasteiger partial charge < -0.3 is 31.3 Å². The molecule has 7 atom stereocenters. The van der Waals surface area contributed by atoms with Crippen LogP contribution in [0.2, 0.25) is 0 Å². The van der Waals surface area contributed by atoms with E-state index in [0.29, 0.717) is 6.42 Å². The smallest absolute Gasteiger partial charge is 0.329 e. The number of hydrogen-bond donors (Lipinski definition) is 4. The van der Waals surface area contributed by atoms with Crippen LogP contribution in [-0.4, -0.2) is 71.1 Å². The largest absolute Gasteiger partial charge is 0.456 e. The molecular formula is C36H55N5O7. The van der Waals surface area contributed by atoms with Gasteiger partial charge in [-0.05, 0) is 53.9 Å². The number of primary amides is 1. The minimum Gasteiger partial charge on any atom is -0.456 e. The van der Waals surface area contributed by atoms with Gasteiger partial charge in [-0.1, -0.05) is 98.6 Å². The van der Waals surface area contributed by atoms with Crippen LogP contribution in [0.1, 0.15) is 93.2 Å². The van der Waals surface area contributed by atoms with Crippen LogP contribution in [0, 0.1) is 35.0 Å². The highest BCUT2D eigenvalue weighted by atomic mass is 16.5. The summed E-state index contributed by atoms with van der Waals surface area (Å²) in [4.78, 5) is 80.9. The second kappa shape index (κ2) is 16.0. The summed E-state index contributed by atoms with van der Waals surface area (Å²) >= 11 is 0. The highest BCUT2D eigenvalue weighted by Gasteiger charge is 2.50. The number of ether oxygens (including phenoxy) is 1. The quantitative estimate of drug-likeness (QED) is 0.173. The Morgan fingerprint density at radius 2 is 1.54 bits per heavy atom. The lowest BCUT2D eigenvalue weighted by Gasteiger charge is -2.36. The third-order valence-corrected chi connectivity index (χ3v) is 9.62. The van der Waals surface area contributed by atoms with Gasteiger partial charge in [0.1, 0.15) is 24.2 Å². The predicted molar refractivity (Wildman–Crippen MR) is 181 cm³/mol. The van der Waals surface area contributed by atoms with Crippen molar-refractivity contribution in [3.63, 3.8) is 0 Å². The van der Waals surface area contributed by atoms with E-state index in [1.807, 2.05) is 51.1 Å². The van der Waals surface area contributed by atoms with Gasteiger partial charge in [0.25, 0.3) is 5.91 Å². The SMILES string of the molecule is CC(C)[C@H]1CN(C(=O)[C@@H](NC(=O)N[C@H](C(=O)O[C@H](C)c2ccccc2)C(C)C)C(C)(C)C)[C@H](C(=O)NC(CC2CC2)C(=O)C(N)=O)C1C. The second-order valence-corrected chi connectivity index (χ2v) is 15.3. The summed E-state index contributed by atoms with van der Waals surface area (Å²) in [6.07, 6.45) is 1.58. The number of benzene rings is 1. The number of rotatable bonds is 14. The molecule has 2 unspecified atom stereocenters. The van der Waals surface area contributed by atoms with Crippen molar-refractivity contribution in [3.8, 4) is 0 Å². The number of nitrogens with zero attached hydrogens (tertiary/aromatic N) is 1. The van der Waals surface area contributed by atoms with Crippen LogP contribution >= 0.6 is 0 Å². The lowest BCUT2D eigenvalue weighted by molar-refractivity contribution is -0.152. The third-order valence-electron chi connectivity index (χ3n) is 9.62. The van der Waals surface area contributed by atoms with E-state index in [0.717, 1.165) is 18.4 Å². The Hall–Kier alpha value is -3.96. The van der Waals surface area contributed by atoms with Crippen molar-refractivity contribution < 1.29 is 33.5 Å². The Balaban J connectivity index is 1.82. The van der Waals surface area contributed by atoms with Gasteiger partial charge in [0.15, 0.2) is 0 Å². The molecule has 3 rings (SSSR count). The maximum Gasteiger partial charge on any atom is 0.329 e. The fourth-order valence-corrected chi connectivity index (χ4v) is 6.46. The minimum atomic E-state index is -1.12. The van der Waals surface area contributed by atoms with Gasteiger partial charge in [0.05, 0.1) is 6.04 Å². The molecule has 1 heterocycles. The molecule has 5 N–H and O–H groups in total. The first-order valence-electron chi connectivity index (χ1n) is 17.1. The Morgan fingerprint density at radius 1 is 0.938 bits per heavy atom. The molecule has 1 aromatic carbocycles. The molecule has 0 radical (unpaired) electrons. The van der Waals surface area contributed by atoms with Crippen LogP contribution in [0.15, 0.2) is 30.3 Å². The van der Waals surface area contributed by atoms with E-state index in [1.165, 1.54) is 4.90 Å². The van der Waals surface area contributed by atoms with Gasteiger partial charge in [0.2, 0.25) is 17.6 Å². The normalized spacial score (nSPS) is 22.0. The monoisotopic (exact) mass is 669 g/mol. The van der Waals surface area contributed by atoms with E-state index in [2.05, 4.69) is 16.0 Å². The summed E-state index contributed by atoms with van der Waals surface area (Å²) in [7, 11) is 0. The van der Waals surface area contributed by atoms with Gasteiger partial charge in [-0.2, -0.15) is 0 Å². The van der Waals surface area contributed by atoms with Crippen LogP contribution in [0.3, 0.4) is 0 Å². The zero-order valence-corrected chi connectivity index (χ0v) is 29.9. The minimum absolute atomic E-state index is 0.0421. The molecule has 1 saturated carbocycles. The summed E-state index contributed by atoms with van der Waals surface area (Å²) in [5, 5.41) is 8.25. The molecule has 12 heteroatoms. The average molecular weight is 670 g/mol. The lowest BCUT2D eigenvalue weighted by Crippen LogP contribution is -2.61. The molecule has 1 aromatic rings. The van der Waals surface area contributed by atoms with E-state index in [1.54, 1.807) is 41.5 Å². The Kier molecular flexibility index (Phi) is 12.8. The third kappa shape index (κ3) is 9.79. The summed E-state index contributed by atoms with van der Waals surface area (Å²) < 4.78 is 5.69. The molecular weight excluding hydrogens is 614 g/mol. The highest BCUT2D eigenvalue weighted by Crippen LogP contribution is 2.37. The molecule has 1 saturated heterocycles. The topological polar surface area (TPSA) is 177 Å². The number of esters is 1. The predicted octanol–water partition coefficient (Wildman–Crippen LogP) is 3.49. The van der Waals surface area contributed by atoms with Crippen molar-refractivity contribution in [1.29, 1.82) is 0 Å². The van der Waals surface area contributed by atoms with Crippen LogP contribution in [-0.2, 0) is 28.7 Å².